The van der Waals surface area contributed by atoms with Gasteiger partial charge in [-0.25, -0.2) is 0 Å². The molecule has 0 spiro atoms. The molecule has 2 nitrogen and oxygen atoms in total. The topological polar surface area (TPSA) is 25.8 Å². The highest BCUT2D eigenvalue weighted by Gasteiger charge is 1.87. The zero-order valence-electron chi connectivity index (χ0n) is 4.01. The first-order valence-corrected chi connectivity index (χ1v) is 2.93. The van der Waals surface area contributed by atoms with Crippen LogP contribution in [0.1, 0.15) is 11.9 Å². The van der Waals surface area contributed by atoms with Gasteiger partial charge in [-0.05, 0) is 6.42 Å². The summed E-state index contributed by atoms with van der Waals surface area (Å²) in [7, 11) is 0. The van der Waals surface area contributed by atoms with Crippen LogP contribution in [0.15, 0.2) is 0 Å². The molecule has 0 aromatic carbocycles. The SMILES string of the molecule is CCc1nn[c]s1. The van der Waals surface area contributed by atoms with Crippen LogP contribution in [0.5, 0.6) is 0 Å². The van der Waals surface area contributed by atoms with Crippen molar-refractivity contribution in [2.45, 2.75) is 13.3 Å². The number of hydrogen-bond acceptors (Lipinski definition) is 3. The van der Waals surface area contributed by atoms with E-state index in [1.807, 2.05) is 6.92 Å². The average molecular weight is 113 g/mol. The zero-order valence-corrected chi connectivity index (χ0v) is 4.83. The Morgan fingerprint density at radius 3 is 3.00 bits per heavy atom. The molecule has 0 aliphatic carbocycles. The summed E-state index contributed by atoms with van der Waals surface area (Å²) in [5.74, 6) is 0. The summed E-state index contributed by atoms with van der Waals surface area (Å²) in [6.07, 6.45) is 0.973. The van der Waals surface area contributed by atoms with Gasteiger partial charge >= 0.3 is 0 Å². The summed E-state index contributed by atoms with van der Waals surface area (Å²) in [6.45, 7) is 2.05. The van der Waals surface area contributed by atoms with Gasteiger partial charge in [-0.1, -0.05) is 18.3 Å². The van der Waals surface area contributed by atoms with E-state index >= 15 is 0 Å². The Morgan fingerprint density at radius 2 is 2.71 bits per heavy atom. The second-order valence-electron chi connectivity index (χ2n) is 1.14. The second kappa shape index (κ2) is 2.02. The van der Waals surface area contributed by atoms with Crippen molar-refractivity contribution < 1.29 is 0 Å². The predicted octanol–water partition coefficient (Wildman–Crippen LogP) is 0.901. The molecule has 0 fully saturated rings. The van der Waals surface area contributed by atoms with Crippen molar-refractivity contribution in [1.29, 1.82) is 0 Å². The fraction of sp³-hybridized carbons (Fsp3) is 0.500. The third-order valence-electron chi connectivity index (χ3n) is 0.668. The summed E-state index contributed by atoms with van der Waals surface area (Å²) < 4.78 is 0. The van der Waals surface area contributed by atoms with Gasteiger partial charge in [0, 0.05) is 0 Å². The Kier molecular flexibility index (Phi) is 1.36. The lowest BCUT2D eigenvalue weighted by Gasteiger charge is -1.74. The molecular formula is C4H5N2S. The van der Waals surface area contributed by atoms with Gasteiger partial charge in [0.25, 0.3) is 0 Å². The van der Waals surface area contributed by atoms with Crippen LogP contribution < -0.4 is 0 Å². The molecule has 3 heteroatoms. The lowest BCUT2D eigenvalue weighted by molar-refractivity contribution is 0.981. The van der Waals surface area contributed by atoms with Gasteiger partial charge < -0.3 is 0 Å². The molecule has 0 amide bonds. The predicted molar refractivity (Wildman–Crippen MR) is 28.1 cm³/mol. The molecule has 0 saturated heterocycles. The summed E-state index contributed by atoms with van der Waals surface area (Å²) >= 11 is 1.48. The van der Waals surface area contributed by atoms with Crippen LogP contribution in [0.3, 0.4) is 0 Å². The highest BCUT2D eigenvalue weighted by Crippen LogP contribution is 1.98. The van der Waals surface area contributed by atoms with Crippen molar-refractivity contribution in [3.63, 3.8) is 0 Å². The van der Waals surface area contributed by atoms with Gasteiger partial charge in [0.1, 0.15) is 5.01 Å². The maximum Gasteiger partial charge on any atom is 0.178 e. The van der Waals surface area contributed by atoms with Crippen LogP contribution in [-0.2, 0) is 6.42 Å². The van der Waals surface area contributed by atoms with Gasteiger partial charge in [0.2, 0.25) is 0 Å². The summed E-state index contributed by atoms with van der Waals surface area (Å²) in [5.41, 5.74) is 2.66. The molecule has 0 saturated carbocycles. The van der Waals surface area contributed by atoms with Crippen molar-refractivity contribution in [3.8, 4) is 0 Å². The molecule has 0 unspecified atom stereocenters. The number of rotatable bonds is 1. The average Bonchev–Trinajstić information content (AvgIpc) is 2.14. The maximum atomic E-state index is 3.75. The van der Waals surface area contributed by atoms with E-state index in [2.05, 4.69) is 15.7 Å². The molecule has 1 rings (SSSR count). The smallest absolute Gasteiger partial charge is 0.143 e. The molecular weight excluding hydrogens is 108 g/mol. The number of aryl methyl sites for hydroxylation is 1. The standard InChI is InChI=1S/C4H5N2S/c1-2-4-6-5-3-7-4/h2H2,1H3. The Bertz CT molecular complexity index is 124. The Morgan fingerprint density at radius 1 is 1.86 bits per heavy atom. The Hall–Kier alpha value is -0.440. The summed E-state index contributed by atoms with van der Waals surface area (Å²) in [6, 6.07) is 0. The van der Waals surface area contributed by atoms with Crippen LogP contribution >= 0.6 is 11.3 Å². The molecule has 0 aliphatic heterocycles. The lowest BCUT2D eigenvalue weighted by atomic mass is 10.5. The number of nitrogens with zero attached hydrogens (tertiary/aromatic N) is 2. The van der Waals surface area contributed by atoms with Crippen LogP contribution in [-0.4, -0.2) is 10.2 Å². The highest BCUT2D eigenvalue weighted by atomic mass is 32.1. The van der Waals surface area contributed by atoms with Gasteiger partial charge in [0.15, 0.2) is 5.51 Å². The van der Waals surface area contributed by atoms with Gasteiger partial charge in [-0.15, -0.1) is 10.2 Å². The van der Waals surface area contributed by atoms with Crippen LogP contribution in [0.2, 0.25) is 0 Å². The lowest BCUT2D eigenvalue weighted by Crippen LogP contribution is -1.74. The van der Waals surface area contributed by atoms with Crippen molar-refractivity contribution in [2.75, 3.05) is 0 Å². The van der Waals surface area contributed by atoms with Crippen molar-refractivity contribution >= 4 is 11.3 Å². The Balaban J connectivity index is 2.76. The van der Waals surface area contributed by atoms with Gasteiger partial charge in [-0.3, -0.25) is 0 Å². The van der Waals surface area contributed by atoms with Crippen molar-refractivity contribution in [2.24, 2.45) is 0 Å². The third kappa shape index (κ3) is 0.962. The van der Waals surface area contributed by atoms with E-state index < -0.39 is 0 Å². The maximum absolute atomic E-state index is 3.75. The van der Waals surface area contributed by atoms with E-state index in [1.165, 1.54) is 11.3 Å². The van der Waals surface area contributed by atoms with E-state index in [0.29, 0.717) is 0 Å². The first kappa shape index (κ1) is 4.71. The second-order valence-corrected chi connectivity index (χ2v) is 2.00. The van der Waals surface area contributed by atoms with E-state index in [0.717, 1.165) is 11.4 Å². The number of hydrogen-bond donors (Lipinski definition) is 0. The van der Waals surface area contributed by atoms with E-state index in [4.69, 9.17) is 0 Å². The molecule has 1 heterocycles. The van der Waals surface area contributed by atoms with E-state index in [9.17, 15) is 0 Å². The first-order chi connectivity index (χ1) is 3.43. The monoisotopic (exact) mass is 113 g/mol. The quantitative estimate of drug-likeness (QED) is 0.540. The Labute approximate surface area is 46.2 Å². The molecule has 0 atom stereocenters. The van der Waals surface area contributed by atoms with Crippen molar-refractivity contribution in [1.82, 2.24) is 10.2 Å². The first-order valence-electron chi connectivity index (χ1n) is 2.12. The molecule has 1 radical (unpaired) electrons. The normalized spacial score (nSPS) is 9.29. The zero-order chi connectivity index (χ0) is 5.11. The molecule has 1 aromatic rings. The minimum absolute atomic E-state index is 0.973. The molecule has 0 N–H and O–H groups in total. The largest absolute Gasteiger partial charge is 0.178 e. The van der Waals surface area contributed by atoms with Gasteiger partial charge in [-0.2, -0.15) is 0 Å². The van der Waals surface area contributed by atoms with Gasteiger partial charge in [0.05, 0.1) is 0 Å². The summed E-state index contributed by atoms with van der Waals surface area (Å²) in [5, 5.41) is 8.34. The van der Waals surface area contributed by atoms with Crippen LogP contribution in [0.4, 0.5) is 0 Å². The van der Waals surface area contributed by atoms with E-state index in [-0.39, 0.29) is 0 Å². The van der Waals surface area contributed by atoms with Crippen LogP contribution in [0, 0.1) is 5.51 Å². The fourth-order valence-electron chi connectivity index (χ4n) is 0.313. The molecule has 0 aliphatic rings. The summed E-state index contributed by atoms with van der Waals surface area (Å²) in [4.78, 5) is 0. The third-order valence-corrected chi connectivity index (χ3v) is 1.45. The molecule has 1 aromatic heterocycles. The van der Waals surface area contributed by atoms with Crippen LogP contribution in [0.25, 0.3) is 0 Å². The molecule has 37 valence electrons. The minimum Gasteiger partial charge on any atom is -0.143 e. The van der Waals surface area contributed by atoms with Crippen molar-refractivity contribution in [3.05, 3.63) is 10.5 Å². The molecule has 0 bridgehead atoms. The number of aromatic nitrogens is 2. The molecule has 7 heavy (non-hydrogen) atoms. The highest BCUT2D eigenvalue weighted by molar-refractivity contribution is 7.08. The fourth-order valence-corrected chi connectivity index (χ4v) is 0.726. The minimum atomic E-state index is 0.973. The van der Waals surface area contributed by atoms with E-state index in [1.54, 1.807) is 0 Å².